The summed E-state index contributed by atoms with van der Waals surface area (Å²) in [6.07, 6.45) is 0. The van der Waals surface area contributed by atoms with E-state index in [9.17, 15) is 13.5 Å². The van der Waals surface area contributed by atoms with Crippen LogP contribution in [0.25, 0.3) is 10.8 Å². The van der Waals surface area contributed by atoms with Gasteiger partial charge in [0.05, 0.1) is 4.90 Å². The van der Waals surface area contributed by atoms with Crippen LogP contribution in [-0.2, 0) is 10.1 Å². The molecule has 24 heavy (non-hydrogen) atoms. The van der Waals surface area contributed by atoms with Crippen LogP contribution in [0.2, 0.25) is 0 Å². The Morgan fingerprint density at radius 3 is 2.38 bits per heavy atom. The summed E-state index contributed by atoms with van der Waals surface area (Å²) in [6.45, 7) is 3.81. The van der Waals surface area contributed by atoms with E-state index in [-0.39, 0.29) is 10.6 Å². The van der Waals surface area contributed by atoms with E-state index in [0.29, 0.717) is 16.8 Å². The zero-order valence-corrected chi connectivity index (χ0v) is 14.1. The second kappa shape index (κ2) is 5.81. The molecular weight excluding hydrogens is 326 g/mol. The highest BCUT2D eigenvalue weighted by Crippen LogP contribution is 2.33. The minimum absolute atomic E-state index is 0.178. The highest BCUT2D eigenvalue weighted by atomic mass is 32.2. The number of anilines is 2. The molecule has 0 saturated heterocycles. The smallest absolute Gasteiger partial charge is 0.294 e. The zero-order chi connectivity index (χ0) is 17.5. The highest BCUT2D eigenvalue weighted by molar-refractivity contribution is 7.85. The number of nitrogens with one attached hydrogen (secondary N) is 1. The largest absolute Gasteiger partial charge is 0.507 e. The van der Waals surface area contributed by atoms with E-state index in [1.807, 2.05) is 32.0 Å². The van der Waals surface area contributed by atoms with Gasteiger partial charge < -0.3 is 10.4 Å². The van der Waals surface area contributed by atoms with Gasteiger partial charge >= 0.3 is 0 Å². The summed E-state index contributed by atoms with van der Waals surface area (Å²) in [7, 11) is -4.25. The van der Waals surface area contributed by atoms with Crippen LogP contribution in [-0.4, -0.2) is 18.1 Å². The Labute approximate surface area is 140 Å². The lowest BCUT2D eigenvalue weighted by Gasteiger charge is -2.12. The van der Waals surface area contributed by atoms with Crippen molar-refractivity contribution in [1.29, 1.82) is 0 Å². The average Bonchev–Trinajstić information content (AvgIpc) is 2.53. The van der Waals surface area contributed by atoms with E-state index in [1.54, 1.807) is 12.1 Å². The van der Waals surface area contributed by atoms with Crippen molar-refractivity contribution < 1.29 is 18.1 Å². The van der Waals surface area contributed by atoms with Gasteiger partial charge in [-0.15, -0.1) is 0 Å². The predicted octanol–water partition coefficient (Wildman–Crippen LogP) is 4.15. The Hall–Kier alpha value is -2.57. The van der Waals surface area contributed by atoms with Gasteiger partial charge in [-0.1, -0.05) is 18.2 Å². The fraction of sp³-hybridized carbons (Fsp3) is 0.111. The Morgan fingerprint density at radius 1 is 0.958 bits per heavy atom. The molecule has 0 aliphatic rings. The molecule has 0 heterocycles. The van der Waals surface area contributed by atoms with Gasteiger partial charge in [-0.25, -0.2) is 0 Å². The van der Waals surface area contributed by atoms with E-state index in [4.69, 9.17) is 4.55 Å². The number of fused-ring (bicyclic) bond motifs is 1. The number of aromatic hydroxyl groups is 1. The molecule has 0 aliphatic carbocycles. The van der Waals surface area contributed by atoms with Crippen LogP contribution in [0.1, 0.15) is 11.1 Å². The summed E-state index contributed by atoms with van der Waals surface area (Å²) in [6, 6.07) is 13.4. The lowest BCUT2D eigenvalue weighted by Crippen LogP contribution is -1.99. The molecule has 5 nitrogen and oxygen atoms in total. The summed E-state index contributed by atoms with van der Waals surface area (Å²) in [4.78, 5) is -0.178. The van der Waals surface area contributed by atoms with Gasteiger partial charge in [0, 0.05) is 16.8 Å². The summed E-state index contributed by atoms with van der Waals surface area (Å²) in [5.74, 6) is 0.236. The van der Waals surface area contributed by atoms with E-state index in [1.165, 1.54) is 18.2 Å². The van der Waals surface area contributed by atoms with Gasteiger partial charge in [0.25, 0.3) is 10.1 Å². The van der Waals surface area contributed by atoms with Crippen LogP contribution in [0.15, 0.2) is 53.4 Å². The highest BCUT2D eigenvalue weighted by Gasteiger charge is 2.11. The van der Waals surface area contributed by atoms with Gasteiger partial charge in [0.2, 0.25) is 0 Å². The molecule has 3 rings (SSSR count). The first-order valence-corrected chi connectivity index (χ1v) is 8.77. The minimum atomic E-state index is -4.25. The molecular formula is C18H17NO4S. The quantitative estimate of drug-likeness (QED) is 0.622. The summed E-state index contributed by atoms with van der Waals surface area (Å²) < 4.78 is 31.6. The number of rotatable bonds is 3. The summed E-state index contributed by atoms with van der Waals surface area (Å²) in [5, 5.41) is 15.1. The van der Waals surface area contributed by atoms with Crippen molar-refractivity contribution in [2.75, 3.05) is 5.32 Å². The van der Waals surface area contributed by atoms with Gasteiger partial charge in [-0.2, -0.15) is 8.42 Å². The van der Waals surface area contributed by atoms with Crippen LogP contribution < -0.4 is 5.32 Å². The maximum Gasteiger partial charge on any atom is 0.294 e. The molecule has 0 radical (unpaired) electrons. The summed E-state index contributed by atoms with van der Waals surface area (Å²) in [5.41, 5.74) is 3.07. The number of hydrogen-bond acceptors (Lipinski definition) is 4. The van der Waals surface area contributed by atoms with Crippen LogP contribution in [0, 0.1) is 13.8 Å². The third-order valence-corrected chi connectivity index (χ3v) is 4.90. The lowest BCUT2D eigenvalue weighted by atomic mass is 10.0. The van der Waals surface area contributed by atoms with Crippen molar-refractivity contribution in [3.63, 3.8) is 0 Å². The molecule has 0 atom stereocenters. The van der Waals surface area contributed by atoms with Crippen molar-refractivity contribution >= 4 is 32.3 Å². The lowest BCUT2D eigenvalue weighted by molar-refractivity contribution is 0.477. The van der Waals surface area contributed by atoms with Crippen molar-refractivity contribution in [2.24, 2.45) is 0 Å². The van der Waals surface area contributed by atoms with Crippen molar-refractivity contribution in [1.82, 2.24) is 0 Å². The molecule has 3 N–H and O–H groups in total. The monoisotopic (exact) mass is 343 g/mol. The Kier molecular flexibility index (Phi) is 3.95. The molecule has 0 aliphatic heterocycles. The molecule has 3 aromatic carbocycles. The second-order valence-corrected chi connectivity index (χ2v) is 7.15. The standard InChI is InChI=1S/C18H17NO4S/c1-11-8-13-6-7-15(10-17(13)18(20)12(11)2)19-14-4-3-5-16(9-14)24(21,22)23/h3-10,19-20H,1-2H3,(H,21,22,23). The molecule has 0 bridgehead atoms. The molecule has 0 spiro atoms. The third-order valence-electron chi connectivity index (χ3n) is 4.05. The maximum absolute atomic E-state index is 11.2. The van der Waals surface area contributed by atoms with Gasteiger partial charge in [-0.05, 0) is 60.7 Å². The van der Waals surface area contributed by atoms with Crippen LogP contribution in [0.3, 0.4) is 0 Å². The summed E-state index contributed by atoms with van der Waals surface area (Å²) >= 11 is 0. The van der Waals surface area contributed by atoms with E-state index >= 15 is 0 Å². The van der Waals surface area contributed by atoms with Gasteiger partial charge in [-0.3, -0.25) is 4.55 Å². The first-order chi connectivity index (χ1) is 11.3. The SMILES string of the molecule is Cc1cc2ccc(Nc3cccc(S(=O)(=O)O)c3)cc2c(O)c1C. The molecule has 6 heteroatoms. The van der Waals surface area contributed by atoms with Crippen molar-refractivity contribution in [3.8, 4) is 5.75 Å². The number of aryl methyl sites for hydroxylation is 1. The third kappa shape index (κ3) is 3.06. The van der Waals surface area contributed by atoms with Crippen molar-refractivity contribution in [3.05, 3.63) is 59.7 Å². The first-order valence-electron chi connectivity index (χ1n) is 7.33. The molecule has 0 aromatic heterocycles. The molecule has 124 valence electrons. The molecule has 0 fully saturated rings. The van der Waals surface area contributed by atoms with Crippen LogP contribution in [0.5, 0.6) is 5.75 Å². The molecule has 3 aromatic rings. The number of benzene rings is 3. The minimum Gasteiger partial charge on any atom is -0.507 e. The fourth-order valence-corrected chi connectivity index (χ4v) is 3.12. The average molecular weight is 343 g/mol. The van der Waals surface area contributed by atoms with Gasteiger partial charge in [0.1, 0.15) is 5.75 Å². The fourth-order valence-electron chi connectivity index (χ4n) is 2.60. The topological polar surface area (TPSA) is 86.6 Å². The van der Waals surface area contributed by atoms with Crippen LogP contribution >= 0.6 is 0 Å². The second-order valence-electron chi connectivity index (χ2n) is 5.73. The predicted molar refractivity (Wildman–Crippen MR) is 94.6 cm³/mol. The normalized spacial score (nSPS) is 11.6. The first kappa shape index (κ1) is 16.3. The van der Waals surface area contributed by atoms with E-state index in [0.717, 1.165) is 16.5 Å². The number of hydrogen-bond donors (Lipinski definition) is 3. The molecule has 0 unspecified atom stereocenters. The van der Waals surface area contributed by atoms with E-state index in [2.05, 4.69) is 5.32 Å². The Balaban J connectivity index is 2.02. The Bertz CT molecular complexity index is 1040. The Morgan fingerprint density at radius 2 is 1.67 bits per heavy atom. The zero-order valence-electron chi connectivity index (χ0n) is 13.2. The van der Waals surface area contributed by atoms with Crippen molar-refractivity contribution in [2.45, 2.75) is 18.7 Å². The molecule has 0 amide bonds. The molecule has 0 saturated carbocycles. The van der Waals surface area contributed by atoms with Gasteiger partial charge in [0.15, 0.2) is 0 Å². The number of phenols is 1. The maximum atomic E-state index is 11.2. The van der Waals surface area contributed by atoms with E-state index < -0.39 is 10.1 Å². The van der Waals surface area contributed by atoms with Crippen LogP contribution in [0.4, 0.5) is 11.4 Å². The number of phenolic OH excluding ortho intramolecular Hbond substituents is 1.